The van der Waals surface area contributed by atoms with Crippen LogP contribution >= 0.6 is 0 Å². The minimum absolute atomic E-state index is 0.0412. The van der Waals surface area contributed by atoms with Crippen LogP contribution in [0, 0.1) is 0 Å². The summed E-state index contributed by atoms with van der Waals surface area (Å²) in [4.78, 5) is 27.5. The van der Waals surface area contributed by atoms with E-state index >= 15 is 0 Å². The molecule has 0 radical (unpaired) electrons. The van der Waals surface area contributed by atoms with Gasteiger partial charge in [-0.15, -0.1) is 0 Å². The lowest BCUT2D eigenvalue weighted by Gasteiger charge is -2.34. The standard InChI is InChI=1S/C30H22O11/c31-15-5-1-13(2-6-15)12-30(39)29(38)24-20(36)11-19(35)23(28(24)41-30)25-26(37)22-18(34)9-17(33)10-21(22)40-27(25)14-3-7-16(32)8-4-14/h1-11,25,27,31-36,39H,12H2/t25-,27+,30+/m1/s1. The molecule has 6 rings (SSSR count). The molecule has 0 spiro atoms. The number of Topliss-reactive ketones (excluding diaryl/α,β-unsaturated/α-hetero) is 2. The van der Waals surface area contributed by atoms with Gasteiger partial charge in [0.1, 0.15) is 63.2 Å². The first-order chi connectivity index (χ1) is 19.5. The van der Waals surface area contributed by atoms with Gasteiger partial charge in [-0.25, -0.2) is 0 Å². The second kappa shape index (κ2) is 9.07. The van der Waals surface area contributed by atoms with Gasteiger partial charge in [0.2, 0.25) is 5.78 Å². The van der Waals surface area contributed by atoms with Gasteiger partial charge in [-0.2, -0.15) is 0 Å². The van der Waals surface area contributed by atoms with Gasteiger partial charge in [0.15, 0.2) is 5.78 Å². The predicted octanol–water partition coefficient (Wildman–Crippen LogP) is 3.53. The van der Waals surface area contributed by atoms with E-state index in [0.717, 1.165) is 18.2 Å². The molecule has 0 saturated heterocycles. The highest BCUT2D eigenvalue weighted by Crippen LogP contribution is 2.56. The zero-order valence-corrected chi connectivity index (χ0v) is 21.0. The van der Waals surface area contributed by atoms with Crippen molar-refractivity contribution in [2.45, 2.75) is 24.2 Å². The van der Waals surface area contributed by atoms with Crippen LogP contribution in [0.4, 0.5) is 0 Å². The predicted molar refractivity (Wildman–Crippen MR) is 140 cm³/mol. The fourth-order valence-electron chi connectivity index (χ4n) is 5.32. The molecule has 11 nitrogen and oxygen atoms in total. The van der Waals surface area contributed by atoms with Crippen molar-refractivity contribution >= 4 is 11.6 Å². The van der Waals surface area contributed by atoms with E-state index in [1.807, 2.05) is 0 Å². The third-order valence-electron chi connectivity index (χ3n) is 7.19. The van der Waals surface area contributed by atoms with Crippen LogP contribution in [0.3, 0.4) is 0 Å². The molecule has 3 atom stereocenters. The SMILES string of the molecule is O=C1c2c(O)cc(O)cc2O[C@@H](c2ccc(O)cc2)[C@@H]1c1c(O)cc(O)c2c1O[C@@](O)(Cc1ccc(O)cc1)C2=O. The molecule has 41 heavy (non-hydrogen) atoms. The molecule has 7 N–H and O–H groups in total. The zero-order chi connectivity index (χ0) is 29.2. The van der Waals surface area contributed by atoms with E-state index in [0.29, 0.717) is 11.1 Å². The molecule has 4 aromatic carbocycles. The third kappa shape index (κ3) is 4.10. The average Bonchev–Trinajstić information content (AvgIpc) is 3.16. The van der Waals surface area contributed by atoms with Gasteiger partial charge in [-0.05, 0) is 35.4 Å². The van der Waals surface area contributed by atoms with E-state index < -0.39 is 64.4 Å². The molecule has 4 aromatic rings. The van der Waals surface area contributed by atoms with Crippen LogP contribution in [0.2, 0.25) is 0 Å². The van der Waals surface area contributed by atoms with Crippen LogP contribution in [0.5, 0.6) is 46.0 Å². The maximum atomic E-state index is 14.0. The lowest BCUT2D eigenvalue weighted by molar-refractivity contribution is -0.0895. The Morgan fingerprint density at radius 1 is 0.707 bits per heavy atom. The Kier molecular flexibility index (Phi) is 5.71. The maximum Gasteiger partial charge on any atom is 0.277 e. The van der Waals surface area contributed by atoms with Crippen molar-refractivity contribution in [3.8, 4) is 46.0 Å². The largest absolute Gasteiger partial charge is 0.508 e. The Morgan fingerprint density at radius 2 is 1.32 bits per heavy atom. The molecule has 0 saturated carbocycles. The number of ketones is 2. The summed E-state index contributed by atoms with van der Waals surface area (Å²) < 4.78 is 11.8. The number of benzene rings is 4. The number of hydrogen-bond acceptors (Lipinski definition) is 11. The molecule has 0 aromatic heterocycles. The highest BCUT2D eigenvalue weighted by Gasteiger charge is 2.53. The summed E-state index contributed by atoms with van der Waals surface area (Å²) in [5, 5.41) is 72.9. The van der Waals surface area contributed by atoms with Gasteiger partial charge < -0.3 is 45.2 Å². The number of rotatable bonds is 4. The highest BCUT2D eigenvalue weighted by molar-refractivity contribution is 6.12. The molecule has 208 valence electrons. The number of aliphatic hydroxyl groups is 1. The summed E-state index contributed by atoms with van der Waals surface area (Å²) >= 11 is 0. The fourth-order valence-corrected chi connectivity index (χ4v) is 5.32. The van der Waals surface area contributed by atoms with Crippen LogP contribution in [0.15, 0.2) is 66.7 Å². The summed E-state index contributed by atoms with van der Waals surface area (Å²) in [6.07, 6.45) is -1.65. The highest BCUT2D eigenvalue weighted by atomic mass is 16.6. The Hall–Kier alpha value is -5.42. The van der Waals surface area contributed by atoms with Crippen LogP contribution in [0.1, 0.15) is 49.4 Å². The van der Waals surface area contributed by atoms with Gasteiger partial charge in [0.25, 0.3) is 5.79 Å². The van der Waals surface area contributed by atoms with Crippen molar-refractivity contribution in [2.24, 2.45) is 0 Å². The number of carbonyl (C=O) groups is 2. The van der Waals surface area contributed by atoms with Gasteiger partial charge in [0, 0.05) is 24.6 Å². The quantitative estimate of drug-likeness (QED) is 0.194. The molecule has 11 heteroatoms. The molecule has 0 fully saturated rings. The van der Waals surface area contributed by atoms with Crippen LogP contribution in [-0.4, -0.2) is 53.1 Å². The second-order valence-electron chi connectivity index (χ2n) is 9.90. The Bertz CT molecular complexity index is 1730. The third-order valence-corrected chi connectivity index (χ3v) is 7.19. The molecule has 0 bridgehead atoms. The lowest BCUT2D eigenvalue weighted by atomic mass is 9.79. The zero-order valence-electron chi connectivity index (χ0n) is 21.0. The Balaban J connectivity index is 1.53. The van der Waals surface area contributed by atoms with E-state index in [9.17, 15) is 45.3 Å². The second-order valence-corrected chi connectivity index (χ2v) is 9.90. The number of phenolic OH excluding ortho intramolecular Hbond substituents is 6. The van der Waals surface area contributed by atoms with Gasteiger partial charge >= 0.3 is 0 Å². The van der Waals surface area contributed by atoms with E-state index in [2.05, 4.69) is 0 Å². The molecule has 2 aliphatic rings. The van der Waals surface area contributed by atoms with Crippen molar-refractivity contribution in [1.82, 2.24) is 0 Å². The smallest absolute Gasteiger partial charge is 0.277 e. The van der Waals surface area contributed by atoms with Crippen molar-refractivity contribution in [1.29, 1.82) is 0 Å². The molecule has 2 aliphatic heterocycles. The number of phenols is 6. The normalized spacial score (nSPS) is 21.1. The molecule has 0 amide bonds. The minimum atomic E-state index is -2.54. The summed E-state index contributed by atoms with van der Waals surface area (Å²) in [5.41, 5.74) is -0.354. The van der Waals surface area contributed by atoms with Crippen molar-refractivity contribution < 1.29 is 54.8 Å². The molecule has 2 heterocycles. The first-order valence-electron chi connectivity index (χ1n) is 12.4. The number of aromatic hydroxyl groups is 6. The van der Waals surface area contributed by atoms with E-state index in [-0.39, 0.29) is 34.1 Å². The van der Waals surface area contributed by atoms with Gasteiger partial charge in [-0.1, -0.05) is 24.3 Å². The van der Waals surface area contributed by atoms with Crippen LogP contribution in [0.25, 0.3) is 0 Å². The number of hydrogen-bond donors (Lipinski definition) is 7. The maximum absolute atomic E-state index is 14.0. The summed E-state index contributed by atoms with van der Waals surface area (Å²) in [6, 6.07) is 14.1. The molecular formula is C30H22O11. The first kappa shape index (κ1) is 25.8. The summed E-state index contributed by atoms with van der Waals surface area (Å²) in [6.45, 7) is 0. The van der Waals surface area contributed by atoms with Crippen LogP contribution in [-0.2, 0) is 6.42 Å². The summed E-state index contributed by atoms with van der Waals surface area (Å²) in [5.74, 6) is -8.93. The molecular weight excluding hydrogens is 536 g/mol. The van der Waals surface area contributed by atoms with Gasteiger partial charge in [-0.3, -0.25) is 9.59 Å². The summed E-state index contributed by atoms with van der Waals surface area (Å²) in [7, 11) is 0. The monoisotopic (exact) mass is 558 g/mol. The average molecular weight is 558 g/mol. The first-order valence-corrected chi connectivity index (χ1v) is 12.4. The van der Waals surface area contributed by atoms with Crippen LogP contribution < -0.4 is 9.47 Å². The van der Waals surface area contributed by atoms with E-state index in [1.54, 1.807) is 0 Å². The lowest BCUT2D eigenvalue weighted by Crippen LogP contribution is -2.42. The van der Waals surface area contributed by atoms with Gasteiger partial charge in [0.05, 0.1) is 11.5 Å². The number of ether oxygens (including phenoxy) is 2. The Morgan fingerprint density at radius 3 is 1.98 bits per heavy atom. The topological polar surface area (TPSA) is 194 Å². The fraction of sp³-hybridized carbons (Fsp3) is 0.133. The van der Waals surface area contributed by atoms with Crippen molar-refractivity contribution in [2.75, 3.05) is 0 Å². The van der Waals surface area contributed by atoms with Crippen molar-refractivity contribution in [3.05, 3.63) is 94.5 Å². The number of fused-ring (bicyclic) bond motifs is 2. The van der Waals surface area contributed by atoms with E-state index in [1.165, 1.54) is 48.5 Å². The number of carbonyl (C=O) groups excluding carboxylic acids is 2. The van der Waals surface area contributed by atoms with Crippen molar-refractivity contribution in [3.63, 3.8) is 0 Å². The van der Waals surface area contributed by atoms with E-state index in [4.69, 9.17) is 9.47 Å². The Labute approximate surface area is 231 Å². The molecule has 0 aliphatic carbocycles. The molecule has 0 unspecified atom stereocenters. The minimum Gasteiger partial charge on any atom is -0.508 e.